The van der Waals surface area contributed by atoms with Crippen molar-refractivity contribution in [2.75, 3.05) is 26.2 Å². The Morgan fingerprint density at radius 2 is 1.80 bits per heavy atom. The normalized spacial score (nSPS) is 29.6. The molecule has 0 saturated carbocycles. The predicted molar refractivity (Wildman–Crippen MR) is 85.1 cm³/mol. The van der Waals surface area contributed by atoms with Gasteiger partial charge in [0.25, 0.3) is 0 Å². The van der Waals surface area contributed by atoms with Gasteiger partial charge >= 0.3 is 0 Å². The smallest absolute Gasteiger partial charge is 0.0611 e. The second-order valence-corrected chi connectivity index (χ2v) is 8.30. The highest BCUT2D eigenvalue weighted by Gasteiger charge is 2.37. The Balaban J connectivity index is 1.87. The van der Waals surface area contributed by atoms with Gasteiger partial charge in [-0.2, -0.15) is 0 Å². The van der Waals surface area contributed by atoms with Crippen molar-refractivity contribution in [2.24, 2.45) is 5.92 Å². The van der Waals surface area contributed by atoms with E-state index in [9.17, 15) is 0 Å². The van der Waals surface area contributed by atoms with Crippen LogP contribution in [0.25, 0.3) is 0 Å². The number of nitrogens with zero attached hydrogens (tertiary/aromatic N) is 1. The SMILES string of the molecule is CC(C)(C)O[C@H]1CCN(CC2CCNCC2)C(C)(C)C1. The fourth-order valence-corrected chi connectivity index (χ4v) is 3.71. The van der Waals surface area contributed by atoms with E-state index in [4.69, 9.17) is 4.74 Å². The number of hydrogen-bond donors (Lipinski definition) is 1. The van der Waals surface area contributed by atoms with Gasteiger partial charge in [0.1, 0.15) is 0 Å². The molecule has 2 fully saturated rings. The molecule has 0 bridgehead atoms. The lowest BCUT2D eigenvalue weighted by Crippen LogP contribution is -2.54. The number of piperidine rings is 2. The third-order valence-corrected chi connectivity index (χ3v) is 4.76. The summed E-state index contributed by atoms with van der Waals surface area (Å²) in [7, 11) is 0. The Bertz CT molecular complexity index is 303. The molecule has 20 heavy (non-hydrogen) atoms. The van der Waals surface area contributed by atoms with E-state index in [-0.39, 0.29) is 11.1 Å². The zero-order valence-electron chi connectivity index (χ0n) is 14.2. The zero-order valence-corrected chi connectivity index (χ0v) is 14.2. The van der Waals surface area contributed by atoms with Gasteiger partial charge in [-0.3, -0.25) is 4.90 Å². The van der Waals surface area contributed by atoms with Gasteiger partial charge in [0, 0.05) is 18.6 Å². The van der Waals surface area contributed by atoms with Crippen molar-refractivity contribution in [1.82, 2.24) is 10.2 Å². The van der Waals surface area contributed by atoms with Crippen LogP contribution in [-0.2, 0) is 4.74 Å². The van der Waals surface area contributed by atoms with Crippen molar-refractivity contribution in [3.8, 4) is 0 Å². The molecule has 0 aliphatic carbocycles. The lowest BCUT2D eigenvalue weighted by atomic mass is 9.86. The Morgan fingerprint density at radius 3 is 2.35 bits per heavy atom. The van der Waals surface area contributed by atoms with E-state index in [0.29, 0.717) is 6.10 Å². The van der Waals surface area contributed by atoms with Crippen molar-refractivity contribution in [3.05, 3.63) is 0 Å². The molecule has 0 radical (unpaired) electrons. The average molecular weight is 282 g/mol. The summed E-state index contributed by atoms with van der Waals surface area (Å²) in [5, 5.41) is 3.47. The molecule has 2 aliphatic rings. The summed E-state index contributed by atoms with van der Waals surface area (Å²) >= 11 is 0. The second-order valence-electron chi connectivity index (χ2n) is 8.30. The summed E-state index contributed by atoms with van der Waals surface area (Å²) in [6.45, 7) is 16.2. The fraction of sp³-hybridized carbons (Fsp3) is 1.00. The van der Waals surface area contributed by atoms with Crippen molar-refractivity contribution < 1.29 is 4.74 Å². The third kappa shape index (κ3) is 4.71. The minimum absolute atomic E-state index is 0.0159. The van der Waals surface area contributed by atoms with Gasteiger partial charge in [0.2, 0.25) is 0 Å². The highest BCUT2D eigenvalue weighted by molar-refractivity contribution is 4.92. The van der Waals surface area contributed by atoms with E-state index in [2.05, 4.69) is 44.8 Å². The fourth-order valence-electron chi connectivity index (χ4n) is 3.71. The Kier molecular flexibility index (Phi) is 5.14. The molecule has 2 aliphatic heterocycles. The van der Waals surface area contributed by atoms with Crippen LogP contribution in [0, 0.1) is 5.92 Å². The molecule has 1 atom stereocenters. The largest absolute Gasteiger partial charge is 0.373 e. The van der Waals surface area contributed by atoms with Gasteiger partial charge in [-0.05, 0) is 79.3 Å². The Labute approximate surface area is 125 Å². The van der Waals surface area contributed by atoms with Gasteiger partial charge < -0.3 is 10.1 Å². The van der Waals surface area contributed by atoms with Crippen LogP contribution in [-0.4, -0.2) is 48.3 Å². The molecule has 2 heterocycles. The maximum Gasteiger partial charge on any atom is 0.0611 e. The molecule has 0 aromatic heterocycles. The Hall–Kier alpha value is -0.120. The standard InChI is InChI=1S/C17H34N2O/c1-16(2,3)20-15-8-11-19(17(4,5)12-15)13-14-6-9-18-10-7-14/h14-15,18H,6-13H2,1-5H3/t15-/m0/s1. The van der Waals surface area contributed by atoms with E-state index in [1.165, 1.54) is 45.4 Å². The van der Waals surface area contributed by atoms with Crippen molar-refractivity contribution >= 4 is 0 Å². The van der Waals surface area contributed by atoms with Crippen LogP contribution in [0.3, 0.4) is 0 Å². The zero-order chi connectivity index (χ0) is 14.8. The van der Waals surface area contributed by atoms with E-state index in [0.717, 1.165) is 12.3 Å². The third-order valence-electron chi connectivity index (χ3n) is 4.76. The van der Waals surface area contributed by atoms with Crippen molar-refractivity contribution in [2.45, 2.75) is 77.5 Å². The predicted octanol–water partition coefficient (Wildman–Crippen LogP) is 3.04. The summed E-state index contributed by atoms with van der Waals surface area (Å²) in [6, 6.07) is 0. The molecule has 3 nitrogen and oxygen atoms in total. The molecule has 0 aromatic carbocycles. The van der Waals surface area contributed by atoms with Gasteiger partial charge in [-0.25, -0.2) is 0 Å². The minimum Gasteiger partial charge on any atom is -0.373 e. The van der Waals surface area contributed by atoms with Crippen LogP contribution in [0.2, 0.25) is 0 Å². The molecule has 3 heteroatoms. The van der Waals surface area contributed by atoms with E-state index in [1.54, 1.807) is 0 Å². The summed E-state index contributed by atoms with van der Waals surface area (Å²) < 4.78 is 6.22. The van der Waals surface area contributed by atoms with Crippen LogP contribution in [0.4, 0.5) is 0 Å². The molecular formula is C17H34N2O. The molecule has 118 valence electrons. The second kappa shape index (κ2) is 6.33. The molecule has 2 rings (SSSR count). The molecule has 1 N–H and O–H groups in total. The first kappa shape index (κ1) is 16.3. The monoisotopic (exact) mass is 282 g/mol. The van der Waals surface area contributed by atoms with E-state index >= 15 is 0 Å². The highest BCUT2D eigenvalue weighted by atomic mass is 16.5. The van der Waals surface area contributed by atoms with Crippen molar-refractivity contribution in [1.29, 1.82) is 0 Å². The van der Waals surface area contributed by atoms with Crippen LogP contribution < -0.4 is 5.32 Å². The number of nitrogens with one attached hydrogen (secondary N) is 1. The summed E-state index contributed by atoms with van der Waals surface area (Å²) in [5.41, 5.74) is 0.261. The molecule has 0 aromatic rings. The van der Waals surface area contributed by atoms with Crippen molar-refractivity contribution in [3.63, 3.8) is 0 Å². The molecule has 2 saturated heterocycles. The van der Waals surface area contributed by atoms with Crippen LogP contribution in [0.1, 0.15) is 60.3 Å². The molecule has 0 unspecified atom stereocenters. The first-order chi connectivity index (χ1) is 9.26. The molecular weight excluding hydrogens is 248 g/mol. The minimum atomic E-state index is -0.0159. The van der Waals surface area contributed by atoms with Gasteiger partial charge in [-0.15, -0.1) is 0 Å². The van der Waals surface area contributed by atoms with Crippen LogP contribution in [0.5, 0.6) is 0 Å². The first-order valence-electron chi connectivity index (χ1n) is 8.40. The maximum atomic E-state index is 6.22. The number of ether oxygens (including phenoxy) is 1. The summed E-state index contributed by atoms with van der Waals surface area (Å²) in [4.78, 5) is 2.71. The van der Waals surface area contributed by atoms with Gasteiger partial charge in [-0.1, -0.05) is 0 Å². The molecule has 0 spiro atoms. The number of hydrogen-bond acceptors (Lipinski definition) is 3. The summed E-state index contributed by atoms with van der Waals surface area (Å²) in [5.74, 6) is 0.885. The van der Waals surface area contributed by atoms with Gasteiger partial charge in [0.15, 0.2) is 0 Å². The lowest BCUT2D eigenvalue weighted by Gasteiger charge is -2.48. The number of likely N-dealkylation sites (tertiary alicyclic amines) is 1. The highest BCUT2D eigenvalue weighted by Crippen LogP contribution is 2.32. The Morgan fingerprint density at radius 1 is 1.15 bits per heavy atom. The van der Waals surface area contributed by atoms with Crippen LogP contribution >= 0.6 is 0 Å². The van der Waals surface area contributed by atoms with E-state index < -0.39 is 0 Å². The number of rotatable bonds is 3. The van der Waals surface area contributed by atoms with E-state index in [1.807, 2.05) is 0 Å². The van der Waals surface area contributed by atoms with Gasteiger partial charge in [0.05, 0.1) is 11.7 Å². The van der Waals surface area contributed by atoms with Crippen LogP contribution in [0.15, 0.2) is 0 Å². The quantitative estimate of drug-likeness (QED) is 0.861. The summed E-state index contributed by atoms with van der Waals surface area (Å²) in [6.07, 6.45) is 5.46. The molecule has 0 amide bonds. The lowest BCUT2D eigenvalue weighted by molar-refractivity contribution is -0.110. The maximum absolute atomic E-state index is 6.22. The average Bonchev–Trinajstić information content (AvgIpc) is 2.31. The topological polar surface area (TPSA) is 24.5 Å². The first-order valence-corrected chi connectivity index (χ1v) is 8.40.